The zero-order chi connectivity index (χ0) is 5.41. The molecule has 0 heterocycles. The minimum Gasteiger partial charge on any atom is -0.220 e. The lowest BCUT2D eigenvalue weighted by atomic mass is 11.9. The minimum atomic E-state index is 0. The molecule has 0 bridgehead atoms. The highest BCUT2D eigenvalue weighted by molar-refractivity contribution is 7.93. The van der Waals surface area contributed by atoms with Gasteiger partial charge in [-0.25, -0.2) is 4.79 Å². The Hall–Kier alpha value is 0.370. The number of hydrogen-bond acceptors (Lipinski definition) is 4. The molecule has 0 aliphatic heterocycles. The molecule has 0 saturated heterocycles. The lowest BCUT2D eigenvalue weighted by Gasteiger charge is -0.992. The van der Waals surface area contributed by atoms with Crippen molar-refractivity contribution in [1.82, 2.24) is 0 Å². The summed E-state index contributed by atoms with van der Waals surface area (Å²) in [4.78, 5) is 8.50. The van der Waals surface area contributed by atoms with Crippen molar-refractivity contribution in [2.24, 2.45) is 0 Å². The summed E-state index contributed by atoms with van der Waals surface area (Å²) in [6.45, 7) is 0. The molecule has 0 radical (unpaired) electrons. The van der Waals surface area contributed by atoms with E-state index < -0.39 is 0 Å². The summed E-state index contributed by atoms with van der Waals surface area (Å²) in [6.07, 6.45) is 0. The van der Waals surface area contributed by atoms with E-state index in [-0.39, 0.29) is 13.5 Å². The first kappa shape index (κ1) is 15.7. The smallest absolute Gasteiger partial charge is 0.202 e. The second kappa shape index (κ2) is 32.7. The topological polar surface area (TPSA) is 17.1 Å². The molecule has 0 aromatic heterocycles. The average Bonchev–Trinajstić information content (AvgIpc) is 1.39. The summed E-state index contributed by atoms with van der Waals surface area (Å²) in [7, 11) is 0. The number of hydrogen-bond donors (Lipinski definition) is 0. The van der Waals surface area contributed by atoms with Crippen molar-refractivity contribution in [1.29, 1.82) is 0 Å². The third-order valence-corrected chi connectivity index (χ3v) is 0. The van der Waals surface area contributed by atoms with Gasteiger partial charge >= 0.3 is 0 Å². The first-order valence-electron chi connectivity index (χ1n) is 0.816. The Morgan fingerprint density at radius 3 is 1.14 bits per heavy atom. The lowest BCUT2D eigenvalue weighted by molar-refractivity contribution is 0.572. The van der Waals surface area contributed by atoms with Crippen molar-refractivity contribution in [3.8, 4) is 0 Å². The lowest BCUT2D eigenvalue weighted by Crippen LogP contribution is -1.08. The number of thiocarbonyl (C=S) groups is 3. The van der Waals surface area contributed by atoms with Crippen molar-refractivity contribution >= 4 is 59.7 Å². The van der Waals surface area contributed by atoms with Crippen molar-refractivity contribution in [3.05, 3.63) is 0 Å². The van der Waals surface area contributed by atoms with Crippen LogP contribution in [0.4, 0.5) is 0 Å². The predicted octanol–water partition coefficient (Wildman–Crippen LogP) is 1.38. The van der Waals surface area contributed by atoms with E-state index in [1.165, 1.54) is 0 Å². The van der Waals surface area contributed by atoms with Crippen molar-refractivity contribution < 1.29 is 4.79 Å². The van der Waals surface area contributed by atoms with E-state index in [4.69, 9.17) is 4.79 Å². The van der Waals surface area contributed by atoms with Gasteiger partial charge in [0.15, 0.2) is 0 Å². The largest absolute Gasteiger partial charge is 0.220 e. The molecule has 5 heteroatoms. The molecule has 0 aromatic rings. The number of carbonyl (C=O) groups excluding carboxylic acids is 1. The maximum absolute atomic E-state index is 8.50. The third-order valence-electron chi connectivity index (χ3n) is 0. The summed E-state index contributed by atoms with van der Waals surface area (Å²) >= 11 is 11.5. The molecule has 0 rings (SSSR count). The van der Waals surface area contributed by atoms with Crippen LogP contribution in [-0.4, -0.2) is 9.55 Å². The molecule has 0 N–H and O–H groups in total. The summed E-state index contributed by atoms with van der Waals surface area (Å²) in [5.41, 5.74) is 0. The van der Waals surface area contributed by atoms with E-state index in [0.29, 0.717) is 0 Å². The molecule has 0 unspecified atom stereocenters. The van der Waals surface area contributed by atoms with Crippen molar-refractivity contribution in [3.63, 3.8) is 0 Å². The van der Waals surface area contributed by atoms with Crippen LogP contribution in [-0.2, 0) is 4.79 Å². The van der Waals surface area contributed by atoms with Gasteiger partial charge in [0, 0.05) is 16.5 Å². The maximum atomic E-state index is 8.50. The highest BCUT2D eigenvalue weighted by Crippen LogP contribution is 1.29. The molecule has 0 atom stereocenters. The van der Waals surface area contributed by atoms with E-state index in [1.807, 2.05) is 4.31 Å². The van der Waals surface area contributed by atoms with Crippen LogP contribution in [0.1, 0.15) is 0 Å². The van der Waals surface area contributed by atoms with Crippen LogP contribution >= 0.6 is 50.1 Å². The van der Waals surface area contributed by atoms with E-state index in [1.54, 1.807) is 0 Å². The van der Waals surface area contributed by atoms with Crippen molar-refractivity contribution in [2.75, 3.05) is 0 Å². The van der Waals surface area contributed by atoms with Crippen LogP contribution in [0.5, 0.6) is 0 Å². The third kappa shape index (κ3) is 889. The Morgan fingerprint density at radius 1 is 1.14 bits per heavy atom. The zero-order valence-corrected chi connectivity index (χ0v) is 6.58. The molecule has 0 fully saturated rings. The standard InChI is InChI=1S/COS.CS2.H2S/c2*2-1-3;/h;;1H2. The Bertz CT molecular complexity index is 63.7. The van der Waals surface area contributed by atoms with Gasteiger partial charge in [-0.05, 0) is 24.4 Å². The van der Waals surface area contributed by atoms with Gasteiger partial charge in [0.2, 0.25) is 5.23 Å². The summed E-state index contributed by atoms with van der Waals surface area (Å²) in [5.74, 6) is 0. The Kier molecular flexibility index (Phi) is 73.2. The van der Waals surface area contributed by atoms with Crippen LogP contribution in [0.25, 0.3) is 0 Å². The molecule has 40 valence electrons. The van der Waals surface area contributed by atoms with E-state index in [9.17, 15) is 0 Å². The summed E-state index contributed by atoms with van der Waals surface area (Å²) < 4.78 is 1.92. The van der Waals surface area contributed by atoms with Gasteiger partial charge in [-0.2, -0.15) is 13.5 Å². The van der Waals surface area contributed by atoms with Gasteiger partial charge in [0.05, 0.1) is 0 Å². The van der Waals surface area contributed by atoms with Gasteiger partial charge in [-0.1, -0.05) is 0 Å². The molecular formula is C2H2OS4. The van der Waals surface area contributed by atoms with Crippen LogP contribution in [0, 0.1) is 0 Å². The zero-order valence-electron chi connectivity index (χ0n) is 3.13. The van der Waals surface area contributed by atoms with Crippen molar-refractivity contribution in [2.45, 2.75) is 0 Å². The van der Waals surface area contributed by atoms with E-state index >= 15 is 0 Å². The molecule has 0 aliphatic rings. The van der Waals surface area contributed by atoms with Gasteiger partial charge < -0.3 is 0 Å². The molecule has 7 heavy (non-hydrogen) atoms. The molecule has 0 aliphatic carbocycles. The van der Waals surface area contributed by atoms with E-state index in [2.05, 4.69) is 36.7 Å². The van der Waals surface area contributed by atoms with Gasteiger partial charge in [0.25, 0.3) is 0 Å². The summed E-state index contributed by atoms with van der Waals surface area (Å²) in [5, 5.41) is 1.08. The van der Waals surface area contributed by atoms with Gasteiger partial charge in [-0.15, -0.1) is 0 Å². The van der Waals surface area contributed by atoms with Crippen LogP contribution in [0.3, 0.4) is 0 Å². The highest BCUT2D eigenvalue weighted by Gasteiger charge is 1.07. The Morgan fingerprint density at radius 2 is 1.14 bits per heavy atom. The first-order chi connectivity index (χ1) is 2.83. The maximum Gasteiger partial charge on any atom is 0.202 e. The molecule has 0 saturated carbocycles. The fourth-order valence-electron chi connectivity index (χ4n) is 0. The number of rotatable bonds is 0. The Balaban J connectivity index is -0.0000000400. The summed E-state index contributed by atoms with van der Waals surface area (Å²) in [6, 6.07) is 0. The minimum absolute atomic E-state index is 0. The highest BCUT2D eigenvalue weighted by atomic mass is 32.1. The monoisotopic (exact) mass is 170 g/mol. The fraction of sp³-hybridized carbons (Fsp3) is 0. The normalized spacial score (nSPS) is 2.29. The first-order valence-corrected chi connectivity index (χ1v) is 2.04. The van der Waals surface area contributed by atoms with Crippen LogP contribution < -0.4 is 0 Å². The van der Waals surface area contributed by atoms with Gasteiger partial charge in [-0.3, -0.25) is 0 Å². The quantitative estimate of drug-likeness (QED) is 0.511. The average molecular weight is 170 g/mol. The Labute approximate surface area is 64.5 Å². The van der Waals surface area contributed by atoms with Crippen LogP contribution in [0.15, 0.2) is 0 Å². The fourth-order valence-corrected chi connectivity index (χ4v) is 0. The molecule has 1 nitrogen and oxygen atoms in total. The molecule has 0 amide bonds. The predicted molar refractivity (Wildman–Crippen MR) is 43.9 cm³/mol. The van der Waals surface area contributed by atoms with Gasteiger partial charge in [0.1, 0.15) is 0 Å². The molecule has 0 spiro atoms. The van der Waals surface area contributed by atoms with Crippen LogP contribution in [0.2, 0.25) is 0 Å². The molecule has 0 aromatic carbocycles. The second-order valence-corrected chi connectivity index (χ2v) is 1.000. The molecular weight excluding hydrogens is 168 g/mol. The SMILES string of the molecule is O=C=S.S.S=C=S. The second-order valence-electron chi connectivity index (χ2n) is 0.167. The van der Waals surface area contributed by atoms with E-state index in [0.717, 1.165) is 5.23 Å².